The molecule has 2 rings (SSSR count). The van der Waals surface area contributed by atoms with Crippen LogP contribution >= 0.6 is 0 Å². The van der Waals surface area contributed by atoms with Gasteiger partial charge in [-0.2, -0.15) is 4.72 Å². The number of sulfonamides is 1. The smallest absolute Gasteiger partial charge is 0.242 e. The Bertz CT molecular complexity index is 799. The summed E-state index contributed by atoms with van der Waals surface area (Å²) in [5.74, 6) is -0.411. The number of anilines is 1. The van der Waals surface area contributed by atoms with E-state index in [0.29, 0.717) is 5.69 Å². The molecule has 0 spiro atoms. The molecule has 0 bridgehead atoms. The molecule has 2 aromatic carbocycles. The molecule has 6 heteroatoms. The van der Waals surface area contributed by atoms with Crippen LogP contribution in [0.5, 0.6) is 0 Å². The van der Waals surface area contributed by atoms with Crippen molar-refractivity contribution in [2.24, 2.45) is 0 Å². The lowest BCUT2D eigenvalue weighted by molar-refractivity contribution is -0.117. The fraction of sp³-hybridized carbons (Fsp3) is 0.235. The average Bonchev–Trinajstić information content (AvgIpc) is 2.47. The van der Waals surface area contributed by atoms with Crippen molar-refractivity contribution in [2.75, 3.05) is 5.32 Å². The van der Waals surface area contributed by atoms with E-state index in [9.17, 15) is 13.2 Å². The van der Waals surface area contributed by atoms with E-state index in [2.05, 4.69) is 10.0 Å². The van der Waals surface area contributed by atoms with E-state index in [1.54, 1.807) is 18.2 Å². The highest BCUT2D eigenvalue weighted by Crippen LogP contribution is 2.12. The Morgan fingerprint density at radius 1 is 1.00 bits per heavy atom. The van der Waals surface area contributed by atoms with E-state index in [-0.39, 0.29) is 4.90 Å². The Kier molecular flexibility index (Phi) is 5.18. The van der Waals surface area contributed by atoms with Crippen LogP contribution in [0.25, 0.3) is 0 Å². The predicted octanol–water partition coefficient (Wildman–Crippen LogP) is 2.61. The van der Waals surface area contributed by atoms with Gasteiger partial charge in [0.15, 0.2) is 0 Å². The summed E-state index contributed by atoms with van der Waals surface area (Å²) in [6, 6.07) is 12.9. The van der Waals surface area contributed by atoms with Gasteiger partial charge < -0.3 is 5.32 Å². The largest absolute Gasteiger partial charge is 0.325 e. The SMILES string of the molecule is Cc1ccc(S(=O)(=O)N[C@H](C)C(=O)Nc2cccc(C)c2)cc1. The molecule has 0 heterocycles. The molecule has 0 radical (unpaired) electrons. The highest BCUT2D eigenvalue weighted by Gasteiger charge is 2.22. The fourth-order valence-electron chi connectivity index (χ4n) is 2.05. The molecule has 0 unspecified atom stereocenters. The van der Waals surface area contributed by atoms with Crippen LogP contribution in [0, 0.1) is 13.8 Å². The van der Waals surface area contributed by atoms with E-state index in [1.165, 1.54) is 19.1 Å². The van der Waals surface area contributed by atoms with E-state index < -0.39 is 22.0 Å². The summed E-state index contributed by atoms with van der Waals surface area (Å²) < 4.78 is 26.9. The van der Waals surface area contributed by atoms with E-state index in [4.69, 9.17) is 0 Å². The maximum Gasteiger partial charge on any atom is 0.242 e. The van der Waals surface area contributed by atoms with Crippen molar-refractivity contribution < 1.29 is 13.2 Å². The summed E-state index contributed by atoms with van der Waals surface area (Å²) in [5, 5.41) is 2.70. The Labute approximate surface area is 136 Å². The first-order valence-corrected chi connectivity index (χ1v) is 8.73. The van der Waals surface area contributed by atoms with Crippen LogP contribution in [0.2, 0.25) is 0 Å². The molecule has 122 valence electrons. The fourth-order valence-corrected chi connectivity index (χ4v) is 3.25. The minimum Gasteiger partial charge on any atom is -0.325 e. The van der Waals surface area contributed by atoms with Gasteiger partial charge in [-0.05, 0) is 50.6 Å². The first kappa shape index (κ1) is 17.2. The molecular weight excluding hydrogens is 312 g/mol. The molecule has 5 nitrogen and oxygen atoms in total. The van der Waals surface area contributed by atoms with Crippen LogP contribution in [0.15, 0.2) is 53.4 Å². The number of hydrogen-bond acceptors (Lipinski definition) is 3. The number of hydrogen-bond donors (Lipinski definition) is 2. The molecule has 1 atom stereocenters. The van der Waals surface area contributed by atoms with Crippen molar-refractivity contribution in [3.05, 3.63) is 59.7 Å². The van der Waals surface area contributed by atoms with Crippen molar-refractivity contribution in [2.45, 2.75) is 31.7 Å². The lowest BCUT2D eigenvalue weighted by atomic mass is 10.2. The minimum absolute atomic E-state index is 0.137. The second-order valence-electron chi connectivity index (χ2n) is 5.51. The lowest BCUT2D eigenvalue weighted by Gasteiger charge is -2.15. The van der Waals surface area contributed by atoms with Gasteiger partial charge in [-0.15, -0.1) is 0 Å². The topological polar surface area (TPSA) is 75.3 Å². The third kappa shape index (κ3) is 4.64. The molecule has 2 aromatic rings. The van der Waals surface area contributed by atoms with Gasteiger partial charge in [0.25, 0.3) is 0 Å². The highest BCUT2D eigenvalue weighted by molar-refractivity contribution is 7.89. The van der Waals surface area contributed by atoms with Crippen molar-refractivity contribution in [3.63, 3.8) is 0 Å². The molecule has 0 saturated heterocycles. The zero-order chi connectivity index (χ0) is 17.0. The number of rotatable bonds is 5. The molecule has 0 aliphatic carbocycles. The molecule has 0 fully saturated rings. The van der Waals surface area contributed by atoms with Gasteiger partial charge in [0, 0.05) is 5.69 Å². The molecule has 0 saturated carbocycles. The maximum absolute atomic E-state index is 12.3. The van der Waals surface area contributed by atoms with E-state index in [1.807, 2.05) is 32.0 Å². The highest BCUT2D eigenvalue weighted by atomic mass is 32.2. The van der Waals surface area contributed by atoms with Crippen LogP contribution in [0.1, 0.15) is 18.1 Å². The van der Waals surface area contributed by atoms with Gasteiger partial charge in [0.05, 0.1) is 10.9 Å². The van der Waals surface area contributed by atoms with Crippen molar-refractivity contribution in [1.29, 1.82) is 0 Å². The van der Waals surface area contributed by atoms with Crippen LogP contribution in [0.3, 0.4) is 0 Å². The number of carbonyl (C=O) groups excluding carboxylic acids is 1. The van der Waals surface area contributed by atoms with Gasteiger partial charge in [-0.25, -0.2) is 8.42 Å². The second-order valence-corrected chi connectivity index (χ2v) is 7.23. The molecular formula is C17H20N2O3S. The van der Waals surface area contributed by atoms with E-state index >= 15 is 0 Å². The van der Waals surface area contributed by atoms with Crippen LogP contribution in [0.4, 0.5) is 5.69 Å². The average molecular weight is 332 g/mol. The van der Waals surface area contributed by atoms with Gasteiger partial charge in [0.2, 0.25) is 15.9 Å². The Hall–Kier alpha value is -2.18. The Morgan fingerprint density at radius 3 is 2.26 bits per heavy atom. The summed E-state index contributed by atoms with van der Waals surface area (Å²) in [4.78, 5) is 12.3. The number of carbonyl (C=O) groups is 1. The quantitative estimate of drug-likeness (QED) is 0.884. The van der Waals surface area contributed by atoms with Gasteiger partial charge in [-0.1, -0.05) is 29.8 Å². The summed E-state index contributed by atoms with van der Waals surface area (Å²) in [5.41, 5.74) is 2.61. The Balaban J connectivity index is 2.06. The normalized spacial score (nSPS) is 12.7. The third-order valence-electron chi connectivity index (χ3n) is 3.34. The zero-order valence-corrected chi connectivity index (χ0v) is 14.1. The standard InChI is InChI=1S/C17H20N2O3S/c1-12-7-9-16(10-8-12)23(21,22)19-14(3)17(20)18-15-6-4-5-13(2)11-15/h4-11,14,19H,1-3H3,(H,18,20)/t14-/m1/s1. The zero-order valence-electron chi connectivity index (χ0n) is 13.3. The molecule has 1 amide bonds. The van der Waals surface area contributed by atoms with Gasteiger partial charge in [0.1, 0.15) is 0 Å². The lowest BCUT2D eigenvalue weighted by Crippen LogP contribution is -2.41. The Morgan fingerprint density at radius 2 is 1.65 bits per heavy atom. The van der Waals surface area contributed by atoms with Crippen LogP contribution in [-0.2, 0) is 14.8 Å². The van der Waals surface area contributed by atoms with Crippen LogP contribution < -0.4 is 10.0 Å². The maximum atomic E-state index is 12.3. The number of aryl methyl sites for hydroxylation is 2. The van der Waals surface area contributed by atoms with Crippen molar-refractivity contribution >= 4 is 21.6 Å². The summed E-state index contributed by atoms with van der Waals surface area (Å²) in [6.45, 7) is 5.30. The third-order valence-corrected chi connectivity index (χ3v) is 4.90. The number of benzene rings is 2. The molecule has 0 aliphatic rings. The van der Waals surface area contributed by atoms with E-state index in [0.717, 1.165) is 11.1 Å². The van der Waals surface area contributed by atoms with Crippen LogP contribution in [-0.4, -0.2) is 20.4 Å². The molecule has 0 aliphatic heterocycles. The summed E-state index contributed by atoms with van der Waals surface area (Å²) in [6.07, 6.45) is 0. The molecule has 23 heavy (non-hydrogen) atoms. The first-order chi connectivity index (χ1) is 10.8. The number of nitrogens with one attached hydrogen (secondary N) is 2. The monoisotopic (exact) mass is 332 g/mol. The number of amides is 1. The van der Waals surface area contributed by atoms with Crippen molar-refractivity contribution in [1.82, 2.24) is 4.72 Å². The first-order valence-electron chi connectivity index (χ1n) is 7.24. The van der Waals surface area contributed by atoms with Gasteiger partial charge in [-0.3, -0.25) is 4.79 Å². The molecule has 0 aromatic heterocycles. The van der Waals surface area contributed by atoms with Gasteiger partial charge >= 0.3 is 0 Å². The minimum atomic E-state index is -3.73. The van der Waals surface area contributed by atoms with Crippen molar-refractivity contribution in [3.8, 4) is 0 Å². The summed E-state index contributed by atoms with van der Waals surface area (Å²) in [7, 11) is -3.73. The predicted molar refractivity (Wildman–Crippen MR) is 90.8 cm³/mol. The molecule has 2 N–H and O–H groups in total. The second kappa shape index (κ2) is 6.93. The summed E-state index contributed by atoms with van der Waals surface area (Å²) >= 11 is 0.